The molecule has 92 valence electrons. The lowest BCUT2D eigenvalue weighted by Gasteiger charge is -2.06. The van der Waals surface area contributed by atoms with E-state index in [9.17, 15) is 9.18 Å². The number of carboxylic acids is 1. The number of halogens is 2. The van der Waals surface area contributed by atoms with Crippen LogP contribution in [0.3, 0.4) is 0 Å². The molecule has 1 N–H and O–H groups in total. The number of nitrogens with zero attached hydrogens (tertiary/aromatic N) is 4. The molecule has 6 nitrogen and oxygen atoms in total. The molecule has 0 saturated carbocycles. The van der Waals surface area contributed by atoms with Gasteiger partial charge in [-0.2, -0.15) is 4.68 Å². The fraction of sp³-hybridized carbons (Fsp3) is 0. The van der Waals surface area contributed by atoms with Gasteiger partial charge in [0.1, 0.15) is 6.33 Å². The van der Waals surface area contributed by atoms with Crippen molar-refractivity contribution in [3.8, 4) is 5.69 Å². The summed E-state index contributed by atoms with van der Waals surface area (Å²) in [5.74, 6) is -1.93. The molecule has 0 aliphatic rings. The molecule has 0 aliphatic carbocycles. The zero-order valence-electron chi connectivity index (χ0n) is 8.79. The van der Waals surface area contributed by atoms with Crippen LogP contribution in [0.15, 0.2) is 24.5 Å². The summed E-state index contributed by atoms with van der Waals surface area (Å²) in [6, 6.07) is 2.83. The highest BCUT2D eigenvalue weighted by atomic mass is 35.5. The van der Waals surface area contributed by atoms with Crippen molar-refractivity contribution >= 4 is 23.6 Å². The van der Waals surface area contributed by atoms with Crippen LogP contribution in [0.5, 0.6) is 0 Å². The van der Waals surface area contributed by atoms with Crippen molar-refractivity contribution in [1.29, 1.82) is 0 Å². The number of carboxylic acid groups (broad SMARTS) is 1. The van der Waals surface area contributed by atoms with Crippen LogP contribution >= 0.6 is 11.6 Å². The maximum absolute atomic E-state index is 13.8. The van der Waals surface area contributed by atoms with Gasteiger partial charge in [0.25, 0.3) is 0 Å². The van der Waals surface area contributed by atoms with E-state index in [-0.39, 0.29) is 10.6 Å². The van der Waals surface area contributed by atoms with Crippen LogP contribution in [0, 0.1) is 5.82 Å². The van der Waals surface area contributed by atoms with Crippen molar-refractivity contribution in [1.82, 2.24) is 20.2 Å². The lowest BCUT2D eigenvalue weighted by Crippen LogP contribution is -2.01. The Labute approximate surface area is 105 Å². The Hall–Kier alpha value is -2.28. The first-order chi connectivity index (χ1) is 8.59. The Morgan fingerprint density at radius 3 is 2.89 bits per heavy atom. The predicted molar refractivity (Wildman–Crippen MR) is 60.8 cm³/mol. The Morgan fingerprint density at radius 2 is 2.28 bits per heavy atom. The van der Waals surface area contributed by atoms with Crippen molar-refractivity contribution < 1.29 is 14.3 Å². The summed E-state index contributed by atoms with van der Waals surface area (Å²) >= 11 is 5.65. The molecule has 1 heterocycles. The number of hydrogen-bond donors (Lipinski definition) is 1. The first-order valence-electron chi connectivity index (χ1n) is 4.72. The van der Waals surface area contributed by atoms with E-state index in [1.54, 1.807) is 0 Å². The molecule has 0 saturated heterocycles. The van der Waals surface area contributed by atoms with Crippen LogP contribution in [-0.4, -0.2) is 31.3 Å². The van der Waals surface area contributed by atoms with Gasteiger partial charge in [-0.05, 0) is 28.6 Å². The molecule has 0 spiro atoms. The number of hydrogen-bond acceptors (Lipinski definition) is 4. The maximum Gasteiger partial charge on any atom is 0.328 e. The van der Waals surface area contributed by atoms with Gasteiger partial charge in [-0.1, -0.05) is 11.6 Å². The molecule has 0 bridgehead atoms. The molecule has 8 heteroatoms. The standard InChI is InChI=1S/C10H6ClFN4O2/c11-7-2-3-8(16-5-13-14-15-16)6(10(7)12)1-4-9(17)18/h1-5H,(H,17,18). The largest absolute Gasteiger partial charge is 0.478 e. The molecular weight excluding hydrogens is 263 g/mol. The van der Waals surface area contributed by atoms with Gasteiger partial charge >= 0.3 is 5.97 Å². The summed E-state index contributed by atoms with van der Waals surface area (Å²) < 4.78 is 15.1. The van der Waals surface area contributed by atoms with Crippen LogP contribution in [0.4, 0.5) is 4.39 Å². The molecule has 0 atom stereocenters. The van der Waals surface area contributed by atoms with E-state index in [2.05, 4.69) is 15.5 Å². The van der Waals surface area contributed by atoms with E-state index >= 15 is 0 Å². The number of carbonyl (C=O) groups is 1. The van der Waals surface area contributed by atoms with Crippen molar-refractivity contribution in [3.63, 3.8) is 0 Å². The molecular formula is C10H6ClFN4O2. The fourth-order valence-corrected chi connectivity index (χ4v) is 1.51. The number of tetrazole rings is 1. The van der Waals surface area contributed by atoms with Crippen LogP contribution in [-0.2, 0) is 4.79 Å². The summed E-state index contributed by atoms with van der Waals surface area (Å²) in [6.45, 7) is 0. The smallest absolute Gasteiger partial charge is 0.328 e. The second-order valence-corrected chi connectivity index (χ2v) is 3.63. The SMILES string of the molecule is O=C(O)C=Cc1c(-n2cnnn2)ccc(Cl)c1F. The van der Waals surface area contributed by atoms with Gasteiger partial charge in [0.15, 0.2) is 5.82 Å². The van der Waals surface area contributed by atoms with Gasteiger partial charge in [0.05, 0.1) is 10.7 Å². The summed E-state index contributed by atoms with van der Waals surface area (Å²) in [7, 11) is 0. The number of aromatic nitrogens is 4. The van der Waals surface area contributed by atoms with Crippen LogP contribution in [0.2, 0.25) is 5.02 Å². The quantitative estimate of drug-likeness (QED) is 0.854. The summed E-state index contributed by atoms with van der Waals surface area (Å²) in [4.78, 5) is 10.5. The topological polar surface area (TPSA) is 80.9 Å². The number of benzene rings is 1. The van der Waals surface area contributed by atoms with E-state index in [1.165, 1.54) is 23.1 Å². The van der Waals surface area contributed by atoms with E-state index in [1.807, 2.05) is 0 Å². The van der Waals surface area contributed by atoms with Crippen LogP contribution in [0.1, 0.15) is 5.56 Å². The van der Waals surface area contributed by atoms with Gasteiger partial charge in [-0.15, -0.1) is 5.10 Å². The average molecular weight is 269 g/mol. The van der Waals surface area contributed by atoms with Crippen molar-refractivity contribution in [2.24, 2.45) is 0 Å². The van der Waals surface area contributed by atoms with Gasteiger partial charge in [0.2, 0.25) is 0 Å². The van der Waals surface area contributed by atoms with E-state index in [0.29, 0.717) is 5.69 Å². The predicted octanol–water partition coefficient (Wildman–Crippen LogP) is 1.55. The zero-order valence-corrected chi connectivity index (χ0v) is 9.54. The van der Waals surface area contributed by atoms with Crippen LogP contribution in [0.25, 0.3) is 11.8 Å². The molecule has 0 radical (unpaired) electrons. The van der Waals surface area contributed by atoms with Gasteiger partial charge < -0.3 is 5.11 Å². The highest BCUT2D eigenvalue weighted by molar-refractivity contribution is 6.31. The number of aliphatic carboxylic acids is 1. The molecule has 0 fully saturated rings. The third kappa shape index (κ3) is 2.35. The number of rotatable bonds is 3. The summed E-state index contributed by atoms with van der Waals surface area (Å²) in [5.41, 5.74) is 0.289. The highest BCUT2D eigenvalue weighted by Crippen LogP contribution is 2.25. The van der Waals surface area contributed by atoms with Crippen molar-refractivity contribution in [2.45, 2.75) is 0 Å². The second-order valence-electron chi connectivity index (χ2n) is 3.22. The lowest BCUT2D eigenvalue weighted by atomic mass is 10.1. The minimum absolute atomic E-state index is 0.00259. The van der Waals surface area contributed by atoms with E-state index < -0.39 is 11.8 Å². The first-order valence-corrected chi connectivity index (χ1v) is 5.10. The zero-order chi connectivity index (χ0) is 13.1. The normalized spacial score (nSPS) is 11.0. The third-order valence-corrected chi connectivity index (χ3v) is 2.39. The van der Waals surface area contributed by atoms with E-state index in [0.717, 1.165) is 12.2 Å². The average Bonchev–Trinajstić information content (AvgIpc) is 2.84. The Balaban J connectivity index is 2.60. The Bertz CT molecular complexity index is 613. The summed E-state index contributed by atoms with van der Waals surface area (Å²) in [6.07, 6.45) is 3.17. The minimum Gasteiger partial charge on any atom is -0.478 e. The third-order valence-electron chi connectivity index (χ3n) is 2.10. The minimum atomic E-state index is -1.20. The van der Waals surface area contributed by atoms with Gasteiger partial charge in [-0.3, -0.25) is 0 Å². The van der Waals surface area contributed by atoms with E-state index in [4.69, 9.17) is 16.7 Å². The molecule has 0 aliphatic heterocycles. The molecule has 2 aromatic rings. The molecule has 2 rings (SSSR count). The fourth-order valence-electron chi connectivity index (χ4n) is 1.34. The summed E-state index contributed by atoms with van der Waals surface area (Å²) in [5, 5.41) is 18.9. The first kappa shape index (κ1) is 12.2. The Morgan fingerprint density at radius 1 is 1.50 bits per heavy atom. The molecule has 1 aromatic heterocycles. The van der Waals surface area contributed by atoms with Crippen molar-refractivity contribution in [3.05, 3.63) is 40.9 Å². The highest BCUT2D eigenvalue weighted by Gasteiger charge is 2.12. The lowest BCUT2D eigenvalue weighted by molar-refractivity contribution is -0.131. The molecule has 0 unspecified atom stereocenters. The molecule has 0 amide bonds. The maximum atomic E-state index is 13.8. The second kappa shape index (κ2) is 4.92. The van der Waals surface area contributed by atoms with Crippen molar-refractivity contribution in [2.75, 3.05) is 0 Å². The van der Waals surface area contributed by atoms with Gasteiger partial charge in [0, 0.05) is 11.6 Å². The monoisotopic (exact) mass is 268 g/mol. The molecule has 1 aromatic carbocycles. The van der Waals surface area contributed by atoms with Gasteiger partial charge in [-0.25, -0.2) is 9.18 Å². The van der Waals surface area contributed by atoms with Crippen LogP contribution < -0.4 is 0 Å². The Kier molecular flexibility index (Phi) is 3.33. The molecule has 18 heavy (non-hydrogen) atoms.